The highest BCUT2D eigenvalue weighted by molar-refractivity contribution is 8.26. The van der Waals surface area contributed by atoms with Gasteiger partial charge in [-0.2, -0.15) is 0 Å². The minimum absolute atomic E-state index is 0.165. The first-order valence-electron chi connectivity index (χ1n) is 11.1. The molecule has 0 radical (unpaired) electrons. The molecule has 0 saturated carbocycles. The summed E-state index contributed by atoms with van der Waals surface area (Å²) in [5.41, 5.74) is 6.20. The Morgan fingerprint density at radius 1 is 1.06 bits per heavy atom. The first-order valence-corrected chi connectivity index (χ1v) is 12.7. The van der Waals surface area contributed by atoms with Crippen LogP contribution in [0.4, 0.5) is 0 Å². The van der Waals surface area contributed by atoms with Crippen molar-refractivity contribution in [1.82, 2.24) is 15.8 Å². The molecule has 2 aromatic rings. The number of hydrogen-bond donors (Lipinski definition) is 2. The third kappa shape index (κ3) is 7.39. The van der Waals surface area contributed by atoms with Gasteiger partial charge in [0.1, 0.15) is 4.32 Å². The van der Waals surface area contributed by atoms with Gasteiger partial charge in [-0.05, 0) is 48.7 Å². The van der Waals surface area contributed by atoms with Crippen LogP contribution < -0.4 is 10.9 Å². The Bertz CT molecular complexity index is 1200. The molecule has 1 heterocycles. The molecule has 0 aromatic heterocycles. The number of esters is 1. The molecule has 8 nitrogen and oxygen atoms in total. The zero-order valence-electron chi connectivity index (χ0n) is 19.4. The average molecular weight is 546 g/mol. The Hall–Kier alpha value is -3.21. The van der Waals surface area contributed by atoms with Gasteiger partial charge in [-0.15, -0.1) is 0 Å². The molecule has 2 aromatic carbocycles. The summed E-state index contributed by atoms with van der Waals surface area (Å²) in [5.74, 6) is -1.40. The highest BCUT2D eigenvalue weighted by Crippen LogP contribution is 2.32. The fourth-order valence-corrected chi connectivity index (χ4v) is 4.84. The van der Waals surface area contributed by atoms with Crippen molar-refractivity contribution in [2.45, 2.75) is 25.7 Å². The normalized spacial score (nSPS) is 14.2. The Morgan fingerprint density at radius 2 is 1.78 bits per heavy atom. The van der Waals surface area contributed by atoms with Gasteiger partial charge in [0.15, 0.2) is 0 Å². The fourth-order valence-electron chi connectivity index (χ4n) is 3.31. The van der Waals surface area contributed by atoms with Crippen LogP contribution in [0.15, 0.2) is 53.4 Å². The second kappa shape index (κ2) is 13.2. The monoisotopic (exact) mass is 545 g/mol. The molecule has 0 bridgehead atoms. The number of ether oxygens (including phenoxy) is 1. The van der Waals surface area contributed by atoms with Gasteiger partial charge >= 0.3 is 5.97 Å². The van der Waals surface area contributed by atoms with Crippen molar-refractivity contribution >= 4 is 69.7 Å². The van der Waals surface area contributed by atoms with Crippen LogP contribution in [0.2, 0.25) is 5.02 Å². The number of thioether (sulfide) groups is 1. The number of carbonyl (C=O) groups is 4. The smallest absolute Gasteiger partial charge is 0.337 e. The number of hydrogen-bond acceptors (Lipinski definition) is 7. The molecule has 0 spiro atoms. The Kier molecular flexibility index (Phi) is 10.0. The van der Waals surface area contributed by atoms with Crippen molar-refractivity contribution in [2.24, 2.45) is 0 Å². The summed E-state index contributed by atoms with van der Waals surface area (Å²) >= 11 is 12.6. The molecule has 1 aliphatic rings. The number of benzene rings is 2. The number of rotatable bonds is 9. The number of unbranched alkanes of at least 4 members (excludes halogenated alkanes) is 2. The lowest BCUT2D eigenvalue weighted by Gasteiger charge is -2.14. The Balaban J connectivity index is 1.39. The van der Waals surface area contributed by atoms with Gasteiger partial charge in [0.25, 0.3) is 11.8 Å². The number of nitrogens with one attached hydrogen (secondary N) is 2. The van der Waals surface area contributed by atoms with Crippen LogP contribution in [0.1, 0.15) is 52.0 Å². The number of amides is 3. The number of thiocarbonyl (C=S) groups is 1. The summed E-state index contributed by atoms with van der Waals surface area (Å²) in [6, 6.07) is 13.3. The largest absolute Gasteiger partial charge is 0.465 e. The fraction of sp³-hybridized carbons (Fsp3) is 0.240. The number of hydrazine groups is 1. The summed E-state index contributed by atoms with van der Waals surface area (Å²) in [6.07, 6.45) is 3.93. The lowest BCUT2D eigenvalue weighted by molar-refractivity contribution is -0.123. The third-order valence-corrected chi connectivity index (χ3v) is 6.93. The van der Waals surface area contributed by atoms with Crippen LogP contribution in [0.3, 0.4) is 0 Å². The van der Waals surface area contributed by atoms with Crippen LogP contribution in [-0.2, 0) is 14.3 Å². The van der Waals surface area contributed by atoms with Gasteiger partial charge in [0, 0.05) is 13.0 Å². The Labute approximate surface area is 223 Å². The zero-order valence-corrected chi connectivity index (χ0v) is 21.8. The van der Waals surface area contributed by atoms with E-state index in [4.69, 9.17) is 23.8 Å². The lowest BCUT2D eigenvalue weighted by Crippen LogP contribution is -2.41. The highest BCUT2D eigenvalue weighted by Gasteiger charge is 2.31. The van der Waals surface area contributed by atoms with Crippen molar-refractivity contribution in [1.29, 1.82) is 0 Å². The van der Waals surface area contributed by atoms with E-state index in [1.165, 1.54) is 18.9 Å². The number of methoxy groups -OCH3 is 1. The summed E-state index contributed by atoms with van der Waals surface area (Å²) in [6.45, 7) is 0.453. The molecule has 0 atom stereocenters. The molecule has 2 N–H and O–H groups in total. The summed E-state index contributed by atoms with van der Waals surface area (Å²) in [4.78, 5) is 50.5. The standard InChI is InChI=1S/C25H24ClN3O5S2/c1-34-24(33)17-12-10-16(11-13-17)15-20-23(32)29(25(35)36-20)14-6-2-3-9-21(30)27-28-22(31)18-7-4-5-8-19(18)26/h4-5,7-8,10-13,15H,2-3,6,9,14H2,1H3,(H,27,30)(H,28,31)/b20-15-. The summed E-state index contributed by atoms with van der Waals surface area (Å²) < 4.78 is 5.17. The quantitative estimate of drug-likeness (QED) is 0.159. The second-order valence-corrected chi connectivity index (χ2v) is 9.82. The molecular weight excluding hydrogens is 522 g/mol. The highest BCUT2D eigenvalue weighted by atomic mass is 35.5. The predicted molar refractivity (Wildman–Crippen MR) is 143 cm³/mol. The number of halogens is 1. The van der Waals surface area contributed by atoms with E-state index >= 15 is 0 Å². The number of carbonyl (C=O) groups excluding carboxylic acids is 4. The van der Waals surface area contributed by atoms with Crippen molar-refractivity contribution in [2.75, 3.05) is 13.7 Å². The van der Waals surface area contributed by atoms with E-state index in [1.807, 2.05) is 0 Å². The predicted octanol–water partition coefficient (Wildman–Crippen LogP) is 4.35. The molecule has 1 saturated heterocycles. The van der Waals surface area contributed by atoms with E-state index in [2.05, 4.69) is 15.6 Å². The van der Waals surface area contributed by atoms with Gasteiger partial charge in [-0.1, -0.05) is 66.3 Å². The van der Waals surface area contributed by atoms with Crippen molar-refractivity contribution < 1.29 is 23.9 Å². The Morgan fingerprint density at radius 3 is 2.47 bits per heavy atom. The molecule has 3 rings (SSSR count). The van der Waals surface area contributed by atoms with E-state index in [0.29, 0.717) is 45.6 Å². The minimum atomic E-state index is -0.490. The maximum Gasteiger partial charge on any atom is 0.337 e. The minimum Gasteiger partial charge on any atom is -0.465 e. The summed E-state index contributed by atoms with van der Waals surface area (Å²) in [7, 11) is 1.32. The maximum atomic E-state index is 12.8. The molecule has 0 unspecified atom stereocenters. The topological polar surface area (TPSA) is 105 Å². The van der Waals surface area contributed by atoms with E-state index in [0.717, 1.165) is 5.56 Å². The van der Waals surface area contributed by atoms with E-state index in [9.17, 15) is 19.2 Å². The number of nitrogens with zero attached hydrogens (tertiary/aromatic N) is 1. The molecule has 11 heteroatoms. The molecule has 0 aliphatic carbocycles. The molecular formula is C25H24ClN3O5S2. The van der Waals surface area contributed by atoms with Crippen LogP contribution in [0.5, 0.6) is 0 Å². The van der Waals surface area contributed by atoms with Crippen LogP contribution >= 0.6 is 35.6 Å². The molecule has 1 aliphatic heterocycles. The van der Waals surface area contributed by atoms with Gasteiger partial charge in [-0.25, -0.2) is 4.79 Å². The molecule has 3 amide bonds. The van der Waals surface area contributed by atoms with E-state index in [1.54, 1.807) is 59.5 Å². The first-order chi connectivity index (χ1) is 17.3. The van der Waals surface area contributed by atoms with Crippen LogP contribution in [0, 0.1) is 0 Å². The second-order valence-electron chi connectivity index (χ2n) is 7.74. The van der Waals surface area contributed by atoms with Gasteiger partial charge in [0.2, 0.25) is 5.91 Å². The molecule has 1 fully saturated rings. The van der Waals surface area contributed by atoms with Gasteiger partial charge < -0.3 is 4.74 Å². The average Bonchev–Trinajstić information content (AvgIpc) is 3.14. The van der Waals surface area contributed by atoms with Crippen molar-refractivity contribution in [3.05, 3.63) is 75.1 Å². The van der Waals surface area contributed by atoms with E-state index in [-0.39, 0.29) is 23.8 Å². The van der Waals surface area contributed by atoms with E-state index < -0.39 is 11.9 Å². The summed E-state index contributed by atoms with van der Waals surface area (Å²) in [5, 5.41) is 0.297. The lowest BCUT2D eigenvalue weighted by atomic mass is 10.1. The van der Waals surface area contributed by atoms with Gasteiger partial charge in [-0.3, -0.25) is 30.1 Å². The zero-order chi connectivity index (χ0) is 26.1. The van der Waals surface area contributed by atoms with Crippen LogP contribution in [0.25, 0.3) is 6.08 Å². The van der Waals surface area contributed by atoms with Crippen molar-refractivity contribution in [3.8, 4) is 0 Å². The van der Waals surface area contributed by atoms with Crippen LogP contribution in [-0.4, -0.2) is 46.6 Å². The first kappa shape index (κ1) is 27.4. The SMILES string of the molecule is COC(=O)c1ccc(/C=C2\SC(=S)N(CCCCCC(=O)NNC(=O)c3ccccc3Cl)C2=O)cc1. The maximum absolute atomic E-state index is 12.8. The molecule has 36 heavy (non-hydrogen) atoms. The van der Waals surface area contributed by atoms with Crippen molar-refractivity contribution in [3.63, 3.8) is 0 Å². The molecule has 188 valence electrons. The third-order valence-electron chi connectivity index (χ3n) is 5.22. The van der Waals surface area contributed by atoms with Gasteiger partial charge in [0.05, 0.1) is 28.2 Å².